The third-order valence-electron chi connectivity index (χ3n) is 1.44. The molecule has 1 aromatic rings. The molecule has 0 heterocycles. The van der Waals surface area contributed by atoms with Gasteiger partial charge in [-0.05, 0) is 18.2 Å². The molecule has 0 saturated heterocycles. The van der Waals surface area contributed by atoms with Gasteiger partial charge in [-0.1, -0.05) is 5.92 Å². The number of hydrogen-bond donors (Lipinski definition) is 0. The van der Waals surface area contributed by atoms with Gasteiger partial charge in [-0.3, -0.25) is 0 Å². The number of halogens is 4. The largest absolute Gasteiger partial charge is 0.419 e. The maximum absolute atomic E-state index is 12.6. The first-order valence-electron chi connectivity index (χ1n) is 3.28. The summed E-state index contributed by atoms with van der Waals surface area (Å²) in [5.41, 5.74) is -1.32. The van der Waals surface area contributed by atoms with Crippen LogP contribution in [0, 0.1) is 18.2 Å². The van der Waals surface area contributed by atoms with Crippen molar-refractivity contribution < 1.29 is 17.6 Å². The molecule has 0 unspecified atom stereocenters. The molecule has 0 spiro atoms. The van der Waals surface area contributed by atoms with Gasteiger partial charge < -0.3 is 0 Å². The Morgan fingerprint density at radius 3 is 2.31 bits per heavy atom. The SMILES string of the molecule is C#Cc1ccc(F)c(C(F)(F)F)c1. The van der Waals surface area contributed by atoms with Crippen molar-refractivity contribution in [3.8, 4) is 12.3 Å². The smallest absolute Gasteiger partial charge is 0.206 e. The molecule has 0 aliphatic rings. The highest BCUT2D eigenvalue weighted by atomic mass is 19.4. The summed E-state index contributed by atoms with van der Waals surface area (Å²) in [4.78, 5) is 0. The highest BCUT2D eigenvalue weighted by Gasteiger charge is 2.33. The Balaban J connectivity index is 3.29. The van der Waals surface area contributed by atoms with Gasteiger partial charge in [0.2, 0.25) is 0 Å². The lowest BCUT2D eigenvalue weighted by Gasteiger charge is -2.07. The fourth-order valence-electron chi connectivity index (χ4n) is 0.832. The van der Waals surface area contributed by atoms with Crippen molar-refractivity contribution in [1.29, 1.82) is 0 Å². The van der Waals surface area contributed by atoms with Crippen molar-refractivity contribution in [2.75, 3.05) is 0 Å². The highest BCUT2D eigenvalue weighted by Crippen LogP contribution is 2.31. The third kappa shape index (κ3) is 2.00. The number of hydrogen-bond acceptors (Lipinski definition) is 0. The minimum absolute atomic E-state index is 0.00808. The fraction of sp³-hybridized carbons (Fsp3) is 0.111. The van der Waals surface area contributed by atoms with Crippen molar-refractivity contribution in [3.63, 3.8) is 0 Å². The summed E-state index contributed by atoms with van der Waals surface area (Å²) in [7, 11) is 0. The Morgan fingerprint density at radius 1 is 1.23 bits per heavy atom. The number of terminal acetylenes is 1. The molecule has 0 fully saturated rings. The van der Waals surface area contributed by atoms with E-state index in [1.54, 1.807) is 0 Å². The van der Waals surface area contributed by atoms with E-state index >= 15 is 0 Å². The van der Waals surface area contributed by atoms with Crippen molar-refractivity contribution >= 4 is 0 Å². The van der Waals surface area contributed by atoms with E-state index in [9.17, 15) is 17.6 Å². The van der Waals surface area contributed by atoms with Crippen molar-refractivity contribution in [2.24, 2.45) is 0 Å². The van der Waals surface area contributed by atoms with Gasteiger partial charge in [-0.25, -0.2) is 4.39 Å². The summed E-state index contributed by atoms with van der Waals surface area (Å²) >= 11 is 0. The molecule has 13 heavy (non-hydrogen) atoms. The van der Waals surface area contributed by atoms with E-state index in [1.165, 1.54) is 0 Å². The van der Waals surface area contributed by atoms with Crippen LogP contribution in [-0.4, -0.2) is 0 Å². The number of rotatable bonds is 0. The van der Waals surface area contributed by atoms with E-state index < -0.39 is 17.6 Å². The molecule has 0 aliphatic heterocycles. The molecule has 0 bridgehead atoms. The van der Waals surface area contributed by atoms with Gasteiger partial charge >= 0.3 is 6.18 Å². The molecule has 0 amide bonds. The second kappa shape index (κ2) is 3.09. The van der Waals surface area contributed by atoms with Crippen molar-refractivity contribution in [1.82, 2.24) is 0 Å². The van der Waals surface area contributed by atoms with Crippen LogP contribution in [0.25, 0.3) is 0 Å². The van der Waals surface area contributed by atoms with E-state index in [1.807, 2.05) is 5.92 Å². The van der Waals surface area contributed by atoms with Crippen LogP contribution in [-0.2, 0) is 6.18 Å². The Kier molecular flexibility index (Phi) is 2.28. The second-order valence-electron chi connectivity index (χ2n) is 2.34. The van der Waals surface area contributed by atoms with Crippen LogP contribution in [0.3, 0.4) is 0 Å². The first-order valence-corrected chi connectivity index (χ1v) is 3.28. The minimum Gasteiger partial charge on any atom is -0.206 e. The normalized spacial score (nSPS) is 11.0. The minimum atomic E-state index is -4.70. The summed E-state index contributed by atoms with van der Waals surface area (Å²) in [6.45, 7) is 0. The monoisotopic (exact) mass is 188 g/mol. The topological polar surface area (TPSA) is 0 Å². The number of benzene rings is 1. The van der Waals surface area contributed by atoms with Crippen LogP contribution in [0.1, 0.15) is 11.1 Å². The molecule has 0 aromatic heterocycles. The summed E-state index contributed by atoms with van der Waals surface area (Å²) in [6, 6.07) is 2.43. The summed E-state index contributed by atoms with van der Waals surface area (Å²) in [6.07, 6.45) is 0.175. The lowest BCUT2D eigenvalue weighted by atomic mass is 10.1. The Morgan fingerprint density at radius 2 is 1.85 bits per heavy atom. The molecule has 0 aliphatic carbocycles. The summed E-state index contributed by atoms with van der Waals surface area (Å²) in [5, 5.41) is 0. The standard InChI is InChI=1S/C9H4F4/c1-2-6-3-4-8(10)7(5-6)9(11,12)13/h1,3-5H. The predicted molar refractivity (Wildman–Crippen MR) is 39.3 cm³/mol. The predicted octanol–water partition coefficient (Wildman–Crippen LogP) is 2.83. The van der Waals surface area contributed by atoms with Gasteiger partial charge in [0, 0.05) is 5.56 Å². The van der Waals surface area contributed by atoms with Crippen LogP contribution in [0.4, 0.5) is 17.6 Å². The maximum Gasteiger partial charge on any atom is 0.419 e. The molecule has 0 saturated carbocycles. The highest BCUT2D eigenvalue weighted by molar-refractivity contribution is 5.37. The number of alkyl halides is 3. The van der Waals surface area contributed by atoms with E-state index in [0.29, 0.717) is 12.1 Å². The average Bonchev–Trinajstić information content (AvgIpc) is 2.03. The molecule has 68 valence electrons. The molecule has 0 radical (unpaired) electrons. The zero-order chi connectivity index (χ0) is 10.1. The molecule has 0 atom stereocenters. The average molecular weight is 188 g/mol. The molecule has 0 nitrogen and oxygen atoms in total. The molecular formula is C9H4F4. The first kappa shape index (κ1) is 9.59. The van der Waals surface area contributed by atoms with Crippen molar-refractivity contribution in [3.05, 3.63) is 35.1 Å². The lowest BCUT2D eigenvalue weighted by molar-refractivity contribution is -0.140. The van der Waals surface area contributed by atoms with Crippen LogP contribution in [0.15, 0.2) is 18.2 Å². The van der Waals surface area contributed by atoms with Crippen LogP contribution < -0.4 is 0 Å². The van der Waals surface area contributed by atoms with Gasteiger partial charge in [0.15, 0.2) is 0 Å². The summed E-state index contributed by atoms with van der Waals surface area (Å²) in [5.74, 6) is 0.687. The first-order chi connectivity index (χ1) is 5.95. The molecule has 1 aromatic carbocycles. The van der Waals surface area contributed by atoms with Crippen LogP contribution in [0.5, 0.6) is 0 Å². The third-order valence-corrected chi connectivity index (χ3v) is 1.44. The van der Waals surface area contributed by atoms with E-state index in [2.05, 4.69) is 0 Å². The van der Waals surface area contributed by atoms with E-state index in [4.69, 9.17) is 6.42 Å². The van der Waals surface area contributed by atoms with Gasteiger partial charge in [0.25, 0.3) is 0 Å². The molecule has 4 heteroatoms. The van der Waals surface area contributed by atoms with E-state index in [0.717, 1.165) is 6.07 Å². The fourth-order valence-corrected chi connectivity index (χ4v) is 0.832. The van der Waals surface area contributed by atoms with Gasteiger partial charge in [0.05, 0.1) is 5.56 Å². The quantitative estimate of drug-likeness (QED) is 0.433. The molecule has 0 N–H and O–H groups in total. The Bertz CT molecular complexity index is 357. The summed E-state index contributed by atoms with van der Waals surface area (Å²) < 4.78 is 48.8. The van der Waals surface area contributed by atoms with Crippen molar-refractivity contribution in [2.45, 2.75) is 6.18 Å². The zero-order valence-electron chi connectivity index (χ0n) is 6.32. The zero-order valence-corrected chi connectivity index (χ0v) is 6.32. The van der Waals surface area contributed by atoms with Gasteiger partial charge in [0.1, 0.15) is 5.82 Å². The molecule has 1 rings (SSSR count). The molecular weight excluding hydrogens is 184 g/mol. The second-order valence-corrected chi connectivity index (χ2v) is 2.34. The van der Waals surface area contributed by atoms with E-state index in [-0.39, 0.29) is 5.56 Å². The lowest BCUT2D eigenvalue weighted by Crippen LogP contribution is -2.08. The van der Waals surface area contributed by atoms with Gasteiger partial charge in [-0.15, -0.1) is 6.42 Å². The van der Waals surface area contributed by atoms with Gasteiger partial charge in [-0.2, -0.15) is 13.2 Å². The Labute approximate surface area is 72.2 Å². The Hall–Kier alpha value is -1.50. The van der Waals surface area contributed by atoms with Crippen LogP contribution >= 0.6 is 0 Å². The maximum atomic E-state index is 12.6. The van der Waals surface area contributed by atoms with Crippen LogP contribution in [0.2, 0.25) is 0 Å².